The van der Waals surface area contributed by atoms with Gasteiger partial charge < -0.3 is 11.1 Å². The van der Waals surface area contributed by atoms with Gasteiger partial charge in [0, 0.05) is 12.3 Å². The minimum atomic E-state index is -0.410. The van der Waals surface area contributed by atoms with Crippen molar-refractivity contribution in [3.8, 4) is 12.3 Å². The first-order valence-corrected chi connectivity index (χ1v) is 5.79. The van der Waals surface area contributed by atoms with Gasteiger partial charge in [-0.25, -0.2) is 0 Å². The summed E-state index contributed by atoms with van der Waals surface area (Å²) in [6, 6.07) is -0.410. The average Bonchev–Trinajstić information content (AvgIpc) is 2.16. The van der Waals surface area contributed by atoms with Crippen LogP contribution in [0.1, 0.15) is 13.8 Å². The van der Waals surface area contributed by atoms with Gasteiger partial charge in [-0.05, 0) is 5.92 Å². The number of carbonyl (C=O) groups is 1. The molecule has 0 aromatic rings. The number of nitrogens with two attached hydrogens (primary N) is 1. The van der Waals surface area contributed by atoms with Crippen molar-refractivity contribution < 1.29 is 4.79 Å². The van der Waals surface area contributed by atoms with Crippen LogP contribution in [0.2, 0.25) is 0 Å². The highest BCUT2D eigenvalue weighted by Gasteiger charge is 2.15. The molecule has 4 heteroatoms. The molecule has 0 aliphatic carbocycles. The van der Waals surface area contributed by atoms with Gasteiger partial charge in [0.05, 0.1) is 11.8 Å². The van der Waals surface area contributed by atoms with Crippen molar-refractivity contribution >= 4 is 17.7 Å². The second-order valence-corrected chi connectivity index (χ2v) is 4.42. The van der Waals surface area contributed by atoms with E-state index >= 15 is 0 Å². The van der Waals surface area contributed by atoms with Gasteiger partial charge in [0.25, 0.3) is 0 Å². The highest BCUT2D eigenvalue weighted by molar-refractivity contribution is 7.99. The van der Waals surface area contributed by atoms with E-state index in [1.807, 2.05) is 13.8 Å². The molecule has 0 radical (unpaired) electrons. The first-order chi connectivity index (χ1) is 6.59. The summed E-state index contributed by atoms with van der Waals surface area (Å²) in [5.41, 5.74) is 5.65. The Balaban J connectivity index is 3.50. The van der Waals surface area contributed by atoms with Crippen LogP contribution in [0.5, 0.6) is 0 Å². The molecule has 1 atom stereocenters. The molecule has 80 valence electrons. The summed E-state index contributed by atoms with van der Waals surface area (Å²) < 4.78 is 0. The van der Waals surface area contributed by atoms with Crippen LogP contribution in [0.25, 0.3) is 0 Å². The summed E-state index contributed by atoms with van der Waals surface area (Å²) in [6.07, 6.45) is 5.08. The van der Waals surface area contributed by atoms with E-state index in [-0.39, 0.29) is 11.8 Å². The Morgan fingerprint density at radius 1 is 1.64 bits per heavy atom. The Kier molecular flexibility index (Phi) is 7.35. The molecule has 0 aromatic heterocycles. The standard InChI is InChI=1S/C10H18N2OS/c1-4-6-14-7-5-12-10(13)9(11)8(2)3/h1,8-9H,5-7,11H2,2-3H3,(H,12,13). The first kappa shape index (κ1) is 13.3. The predicted molar refractivity (Wildman–Crippen MR) is 62.0 cm³/mol. The SMILES string of the molecule is C#CCSCCNC(=O)C(N)C(C)C. The number of thioether (sulfide) groups is 1. The summed E-state index contributed by atoms with van der Waals surface area (Å²) in [4.78, 5) is 11.3. The molecule has 0 saturated heterocycles. The van der Waals surface area contributed by atoms with E-state index in [1.54, 1.807) is 11.8 Å². The number of nitrogens with one attached hydrogen (secondary N) is 1. The fourth-order valence-corrected chi connectivity index (χ4v) is 1.31. The van der Waals surface area contributed by atoms with Crippen LogP contribution in [0.15, 0.2) is 0 Å². The molecule has 1 amide bonds. The summed E-state index contributed by atoms with van der Waals surface area (Å²) >= 11 is 1.62. The predicted octanol–water partition coefficient (Wildman–Crippen LogP) is 0.452. The molecule has 0 fully saturated rings. The van der Waals surface area contributed by atoms with Crippen molar-refractivity contribution in [3.63, 3.8) is 0 Å². The number of hydrogen-bond acceptors (Lipinski definition) is 3. The van der Waals surface area contributed by atoms with Gasteiger partial charge in [-0.2, -0.15) is 0 Å². The molecule has 0 saturated carbocycles. The Morgan fingerprint density at radius 2 is 2.29 bits per heavy atom. The Morgan fingerprint density at radius 3 is 2.79 bits per heavy atom. The second kappa shape index (κ2) is 7.72. The van der Waals surface area contributed by atoms with Crippen LogP contribution in [-0.4, -0.2) is 30.0 Å². The van der Waals surface area contributed by atoms with E-state index in [0.29, 0.717) is 12.3 Å². The maximum atomic E-state index is 11.3. The lowest BCUT2D eigenvalue weighted by Gasteiger charge is -2.14. The zero-order valence-corrected chi connectivity index (χ0v) is 9.56. The maximum Gasteiger partial charge on any atom is 0.237 e. The number of terminal acetylenes is 1. The van der Waals surface area contributed by atoms with Gasteiger partial charge in [-0.3, -0.25) is 4.79 Å². The topological polar surface area (TPSA) is 55.1 Å². The van der Waals surface area contributed by atoms with Crippen molar-refractivity contribution in [1.82, 2.24) is 5.32 Å². The largest absolute Gasteiger partial charge is 0.354 e. The number of amides is 1. The van der Waals surface area contributed by atoms with E-state index in [2.05, 4.69) is 11.2 Å². The Bertz CT molecular complexity index is 211. The summed E-state index contributed by atoms with van der Waals surface area (Å²) in [5.74, 6) is 4.14. The minimum absolute atomic E-state index is 0.0821. The van der Waals surface area contributed by atoms with Gasteiger partial charge in [0.15, 0.2) is 0 Å². The Hall–Kier alpha value is -0.660. The van der Waals surface area contributed by atoms with E-state index in [4.69, 9.17) is 12.2 Å². The molecule has 0 aliphatic rings. The zero-order chi connectivity index (χ0) is 11.0. The first-order valence-electron chi connectivity index (χ1n) is 4.64. The third kappa shape index (κ3) is 5.90. The molecular formula is C10H18N2OS. The quantitative estimate of drug-likeness (QED) is 0.499. The fourth-order valence-electron chi connectivity index (χ4n) is 0.798. The van der Waals surface area contributed by atoms with Gasteiger partial charge in [0.1, 0.15) is 0 Å². The van der Waals surface area contributed by atoms with E-state index < -0.39 is 6.04 Å². The molecule has 14 heavy (non-hydrogen) atoms. The van der Waals surface area contributed by atoms with Crippen molar-refractivity contribution in [1.29, 1.82) is 0 Å². The van der Waals surface area contributed by atoms with Crippen molar-refractivity contribution in [2.24, 2.45) is 11.7 Å². The van der Waals surface area contributed by atoms with E-state index in [9.17, 15) is 4.79 Å². The van der Waals surface area contributed by atoms with Crippen LogP contribution >= 0.6 is 11.8 Å². The molecule has 1 unspecified atom stereocenters. The molecule has 3 nitrogen and oxygen atoms in total. The maximum absolute atomic E-state index is 11.3. The average molecular weight is 214 g/mol. The molecule has 0 heterocycles. The minimum Gasteiger partial charge on any atom is -0.354 e. The van der Waals surface area contributed by atoms with E-state index in [1.165, 1.54) is 0 Å². The smallest absolute Gasteiger partial charge is 0.237 e. The van der Waals surface area contributed by atoms with Crippen LogP contribution in [0.3, 0.4) is 0 Å². The van der Waals surface area contributed by atoms with Crippen LogP contribution in [0, 0.1) is 18.3 Å². The highest BCUT2D eigenvalue weighted by atomic mass is 32.2. The fraction of sp³-hybridized carbons (Fsp3) is 0.700. The van der Waals surface area contributed by atoms with Crippen molar-refractivity contribution in [3.05, 3.63) is 0 Å². The molecule has 3 N–H and O–H groups in total. The normalized spacial score (nSPS) is 12.2. The molecule has 0 aliphatic heterocycles. The van der Waals surface area contributed by atoms with Gasteiger partial charge >= 0.3 is 0 Å². The Labute approximate surface area is 90.2 Å². The lowest BCUT2D eigenvalue weighted by molar-refractivity contribution is -0.123. The molecule has 0 aromatic carbocycles. The van der Waals surface area contributed by atoms with Crippen molar-refractivity contribution in [2.75, 3.05) is 18.1 Å². The summed E-state index contributed by atoms with van der Waals surface area (Å²) in [5, 5.41) is 2.77. The van der Waals surface area contributed by atoms with Crippen LogP contribution in [0.4, 0.5) is 0 Å². The second-order valence-electron chi connectivity index (χ2n) is 3.32. The van der Waals surface area contributed by atoms with Crippen LogP contribution in [-0.2, 0) is 4.79 Å². The number of carbonyl (C=O) groups excluding carboxylic acids is 1. The van der Waals surface area contributed by atoms with Gasteiger partial charge in [-0.15, -0.1) is 18.2 Å². The third-order valence-corrected chi connectivity index (χ3v) is 2.62. The third-order valence-electron chi connectivity index (χ3n) is 1.75. The lowest BCUT2D eigenvalue weighted by Crippen LogP contribution is -2.44. The number of rotatable bonds is 6. The van der Waals surface area contributed by atoms with E-state index in [0.717, 1.165) is 5.75 Å². The molecule has 0 bridgehead atoms. The molecule has 0 rings (SSSR count). The van der Waals surface area contributed by atoms with Crippen LogP contribution < -0.4 is 11.1 Å². The lowest BCUT2D eigenvalue weighted by atomic mass is 10.1. The number of hydrogen-bond donors (Lipinski definition) is 2. The van der Waals surface area contributed by atoms with Crippen molar-refractivity contribution in [2.45, 2.75) is 19.9 Å². The van der Waals surface area contributed by atoms with Gasteiger partial charge in [0.2, 0.25) is 5.91 Å². The highest BCUT2D eigenvalue weighted by Crippen LogP contribution is 1.99. The molecular weight excluding hydrogens is 196 g/mol. The molecule has 0 spiro atoms. The summed E-state index contributed by atoms with van der Waals surface area (Å²) in [7, 11) is 0. The zero-order valence-electron chi connectivity index (χ0n) is 8.75. The van der Waals surface area contributed by atoms with Gasteiger partial charge in [-0.1, -0.05) is 19.8 Å². The summed E-state index contributed by atoms with van der Waals surface area (Å²) in [6.45, 7) is 4.49. The monoisotopic (exact) mass is 214 g/mol.